The number of hydrogen-bond donors (Lipinski definition) is 0. The van der Waals surface area contributed by atoms with E-state index >= 15 is 0 Å². The first kappa shape index (κ1) is 16.8. The zero-order chi connectivity index (χ0) is 17.9. The second kappa shape index (κ2) is 7.32. The number of benzene rings is 3. The predicted molar refractivity (Wildman–Crippen MR) is 106 cm³/mol. The number of hydrogen-bond acceptors (Lipinski definition) is 2. The van der Waals surface area contributed by atoms with Crippen LogP contribution in [0.2, 0.25) is 10.0 Å². The van der Waals surface area contributed by atoms with E-state index < -0.39 is 0 Å². The summed E-state index contributed by atoms with van der Waals surface area (Å²) in [6, 6.07) is 25.4. The lowest BCUT2D eigenvalue weighted by Crippen LogP contribution is -2.05. The molecule has 0 bridgehead atoms. The molecule has 0 fully saturated rings. The first-order chi connectivity index (χ1) is 12.7. The molecule has 4 rings (SSSR count). The lowest BCUT2D eigenvalue weighted by Gasteiger charge is -2.09. The van der Waals surface area contributed by atoms with E-state index in [0.29, 0.717) is 22.4 Å². The summed E-state index contributed by atoms with van der Waals surface area (Å²) in [5, 5.41) is 5.96. The van der Waals surface area contributed by atoms with Crippen molar-refractivity contribution in [1.82, 2.24) is 14.8 Å². The van der Waals surface area contributed by atoms with E-state index in [0.717, 1.165) is 22.5 Å². The van der Waals surface area contributed by atoms with Crippen molar-refractivity contribution in [1.29, 1.82) is 0 Å². The van der Waals surface area contributed by atoms with E-state index in [9.17, 15) is 0 Å². The molecule has 0 N–H and O–H groups in total. The first-order valence-electron chi connectivity index (χ1n) is 8.21. The van der Waals surface area contributed by atoms with Gasteiger partial charge in [-0.3, -0.25) is 0 Å². The van der Waals surface area contributed by atoms with Crippen LogP contribution in [0.4, 0.5) is 0 Å². The minimum Gasteiger partial charge on any atom is -0.241 e. The summed E-state index contributed by atoms with van der Waals surface area (Å²) in [4.78, 5) is 4.77. The van der Waals surface area contributed by atoms with Crippen molar-refractivity contribution < 1.29 is 0 Å². The van der Waals surface area contributed by atoms with Crippen LogP contribution in [0.15, 0.2) is 78.9 Å². The molecule has 5 heteroatoms. The molecule has 1 aromatic heterocycles. The SMILES string of the molecule is Clc1cccc(Cl)c1Cn1nc(-c2ccccc2)nc1-c1ccccc1. The van der Waals surface area contributed by atoms with Gasteiger partial charge in [0.05, 0.1) is 6.54 Å². The topological polar surface area (TPSA) is 30.7 Å². The van der Waals surface area contributed by atoms with Gasteiger partial charge in [-0.15, -0.1) is 0 Å². The van der Waals surface area contributed by atoms with Crippen LogP contribution in [0.25, 0.3) is 22.8 Å². The molecule has 0 saturated carbocycles. The molecule has 1 heterocycles. The molecule has 0 amide bonds. The van der Waals surface area contributed by atoms with E-state index in [1.807, 2.05) is 83.5 Å². The van der Waals surface area contributed by atoms with Gasteiger partial charge < -0.3 is 0 Å². The molecule has 3 aromatic carbocycles. The first-order valence-corrected chi connectivity index (χ1v) is 8.96. The smallest absolute Gasteiger partial charge is 0.181 e. The van der Waals surface area contributed by atoms with Crippen LogP contribution in [0.5, 0.6) is 0 Å². The van der Waals surface area contributed by atoms with E-state index in [2.05, 4.69) is 0 Å². The third kappa shape index (κ3) is 3.36. The van der Waals surface area contributed by atoms with E-state index in [1.165, 1.54) is 0 Å². The predicted octanol–water partition coefficient (Wildman–Crippen LogP) is 5.97. The minimum absolute atomic E-state index is 0.447. The molecule has 0 aliphatic carbocycles. The second-order valence-corrected chi connectivity index (χ2v) is 6.66. The summed E-state index contributed by atoms with van der Waals surface area (Å²) >= 11 is 12.7. The zero-order valence-electron chi connectivity index (χ0n) is 13.8. The third-order valence-electron chi connectivity index (χ3n) is 4.11. The van der Waals surface area contributed by atoms with Gasteiger partial charge in [0.1, 0.15) is 0 Å². The fourth-order valence-electron chi connectivity index (χ4n) is 2.80. The Balaban J connectivity index is 1.83. The van der Waals surface area contributed by atoms with Crippen LogP contribution >= 0.6 is 23.2 Å². The van der Waals surface area contributed by atoms with Gasteiger partial charge in [0.2, 0.25) is 0 Å². The molecule has 0 atom stereocenters. The quantitative estimate of drug-likeness (QED) is 0.437. The third-order valence-corrected chi connectivity index (χ3v) is 4.81. The van der Waals surface area contributed by atoms with Gasteiger partial charge in [-0.2, -0.15) is 5.10 Å². The highest BCUT2D eigenvalue weighted by Crippen LogP contribution is 2.28. The maximum Gasteiger partial charge on any atom is 0.181 e. The van der Waals surface area contributed by atoms with Gasteiger partial charge in [0.25, 0.3) is 0 Å². The van der Waals surface area contributed by atoms with Crippen molar-refractivity contribution in [2.24, 2.45) is 0 Å². The molecule has 0 spiro atoms. The second-order valence-electron chi connectivity index (χ2n) is 5.85. The van der Waals surface area contributed by atoms with E-state index in [4.69, 9.17) is 33.3 Å². The van der Waals surface area contributed by atoms with Crippen molar-refractivity contribution in [2.75, 3.05) is 0 Å². The normalized spacial score (nSPS) is 10.8. The molecule has 26 heavy (non-hydrogen) atoms. The van der Waals surface area contributed by atoms with Crippen LogP contribution < -0.4 is 0 Å². The Morgan fingerprint density at radius 3 is 1.88 bits per heavy atom. The molecule has 0 unspecified atom stereocenters. The van der Waals surface area contributed by atoms with Crippen molar-refractivity contribution in [3.05, 3.63) is 94.5 Å². The summed E-state index contributed by atoms with van der Waals surface area (Å²) < 4.78 is 1.85. The summed E-state index contributed by atoms with van der Waals surface area (Å²) in [5.41, 5.74) is 2.79. The van der Waals surface area contributed by atoms with Crippen molar-refractivity contribution in [2.45, 2.75) is 6.54 Å². The number of nitrogens with zero attached hydrogens (tertiary/aromatic N) is 3. The van der Waals surface area contributed by atoms with Gasteiger partial charge in [-0.05, 0) is 12.1 Å². The summed E-state index contributed by atoms with van der Waals surface area (Å²) in [5.74, 6) is 1.45. The van der Waals surface area contributed by atoms with Gasteiger partial charge in [0, 0.05) is 26.7 Å². The highest BCUT2D eigenvalue weighted by atomic mass is 35.5. The van der Waals surface area contributed by atoms with Gasteiger partial charge >= 0.3 is 0 Å². The maximum absolute atomic E-state index is 6.36. The molecule has 0 aliphatic rings. The Morgan fingerprint density at radius 1 is 0.692 bits per heavy atom. The molecule has 0 radical (unpaired) electrons. The molecule has 0 saturated heterocycles. The molecular formula is C21H15Cl2N3. The highest BCUT2D eigenvalue weighted by molar-refractivity contribution is 6.35. The fraction of sp³-hybridized carbons (Fsp3) is 0.0476. The van der Waals surface area contributed by atoms with Crippen molar-refractivity contribution in [3.8, 4) is 22.8 Å². The number of halogens is 2. The average molecular weight is 380 g/mol. The lowest BCUT2D eigenvalue weighted by atomic mass is 10.2. The zero-order valence-corrected chi connectivity index (χ0v) is 15.3. The summed E-state index contributed by atoms with van der Waals surface area (Å²) in [7, 11) is 0. The Kier molecular flexibility index (Phi) is 4.74. The van der Waals surface area contributed by atoms with Crippen LogP contribution in [0.3, 0.4) is 0 Å². The average Bonchev–Trinajstić information content (AvgIpc) is 3.10. The molecule has 3 nitrogen and oxygen atoms in total. The van der Waals surface area contributed by atoms with E-state index in [-0.39, 0.29) is 0 Å². The Bertz CT molecular complexity index is 1010. The minimum atomic E-state index is 0.447. The standard InChI is InChI=1S/C21H15Cl2N3/c22-18-12-7-13-19(23)17(18)14-26-21(16-10-5-2-6-11-16)24-20(25-26)15-8-3-1-4-9-15/h1-13H,14H2. The van der Waals surface area contributed by atoms with Gasteiger partial charge in [-0.25, -0.2) is 9.67 Å². The van der Waals surface area contributed by atoms with Crippen LogP contribution in [0, 0.1) is 0 Å². The molecular weight excluding hydrogens is 365 g/mol. The summed E-state index contributed by atoms with van der Waals surface area (Å²) in [6.45, 7) is 0.447. The van der Waals surface area contributed by atoms with Crippen LogP contribution in [-0.2, 0) is 6.54 Å². The molecule has 4 aromatic rings. The van der Waals surface area contributed by atoms with Gasteiger partial charge in [0.15, 0.2) is 11.6 Å². The number of aromatic nitrogens is 3. The fourth-order valence-corrected chi connectivity index (χ4v) is 3.31. The Morgan fingerprint density at radius 2 is 1.27 bits per heavy atom. The highest BCUT2D eigenvalue weighted by Gasteiger charge is 2.16. The van der Waals surface area contributed by atoms with Crippen molar-refractivity contribution >= 4 is 23.2 Å². The Hall–Kier alpha value is -2.62. The molecule has 128 valence electrons. The van der Waals surface area contributed by atoms with Crippen molar-refractivity contribution in [3.63, 3.8) is 0 Å². The van der Waals surface area contributed by atoms with E-state index in [1.54, 1.807) is 0 Å². The Labute approximate surface area is 161 Å². The van der Waals surface area contributed by atoms with Crippen LogP contribution in [-0.4, -0.2) is 14.8 Å². The number of rotatable bonds is 4. The largest absolute Gasteiger partial charge is 0.241 e. The van der Waals surface area contributed by atoms with Crippen LogP contribution in [0.1, 0.15) is 5.56 Å². The summed E-state index contributed by atoms with van der Waals surface area (Å²) in [6.07, 6.45) is 0. The lowest BCUT2D eigenvalue weighted by molar-refractivity contribution is 0.695. The monoisotopic (exact) mass is 379 g/mol. The van der Waals surface area contributed by atoms with Gasteiger partial charge in [-0.1, -0.05) is 89.9 Å². The molecule has 0 aliphatic heterocycles. The maximum atomic E-state index is 6.36.